The van der Waals surface area contributed by atoms with Crippen molar-refractivity contribution in [3.8, 4) is 5.75 Å². The van der Waals surface area contributed by atoms with Crippen molar-refractivity contribution in [1.82, 2.24) is 5.32 Å². The highest BCUT2D eigenvalue weighted by Gasteiger charge is 2.18. The van der Waals surface area contributed by atoms with Gasteiger partial charge in [-0.2, -0.15) is 0 Å². The number of nitrogens with zero attached hydrogens (tertiary/aromatic N) is 1. The molecule has 1 aliphatic heterocycles. The molecule has 0 amide bonds. The number of hydrogen-bond donors (Lipinski definition) is 1. The van der Waals surface area contributed by atoms with E-state index in [2.05, 4.69) is 10.2 Å². The van der Waals surface area contributed by atoms with Gasteiger partial charge in [-0.3, -0.25) is 4.79 Å². The molecule has 0 saturated carbocycles. The fourth-order valence-electron chi connectivity index (χ4n) is 2.07. The average molecular weight is 248 g/mol. The van der Waals surface area contributed by atoms with Crippen molar-refractivity contribution in [3.63, 3.8) is 0 Å². The minimum absolute atomic E-state index is 0.131. The Kier molecular flexibility index (Phi) is 4.20. The van der Waals surface area contributed by atoms with E-state index in [1.54, 1.807) is 0 Å². The highest BCUT2D eigenvalue weighted by Crippen LogP contribution is 2.28. The lowest BCUT2D eigenvalue weighted by atomic mass is 10.2. The van der Waals surface area contributed by atoms with Gasteiger partial charge < -0.3 is 15.0 Å². The molecule has 2 rings (SSSR count). The number of hydrogen-bond acceptors (Lipinski definition) is 4. The Balaban J connectivity index is 2.22. The van der Waals surface area contributed by atoms with Crippen LogP contribution in [0.25, 0.3) is 0 Å². The van der Waals surface area contributed by atoms with E-state index in [0.29, 0.717) is 13.1 Å². The zero-order valence-corrected chi connectivity index (χ0v) is 11.0. The van der Waals surface area contributed by atoms with Crippen LogP contribution in [-0.4, -0.2) is 38.1 Å². The molecule has 0 radical (unpaired) electrons. The Morgan fingerprint density at radius 2 is 2.11 bits per heavy atom. The SMILES string of the molecule is CC(C)Oc1ccccc1N1CCNCC(=O)C1. The van der Waals surface area contributed by atoms with Crippen molar-refractivity contribution in [3.05, 3.63) is 24.3 Å². The standard InChI is InChI=1S/C14H20N2O2/c1-11(2)18-14-6-4-3-5-13(14)16-8-7-15-9-12(17)10-16/h3-6,11,15H,7-10H2,1-2H3. The van der Waals surface area contributed by atoms with Crippen LogP contribution in [0.3, 0.4) is 0 Å². The van der Waals surface area contributed by atoms with Crippen molar-refractivity contribution in [1.29, 1.82) is 0 Å². The number of ether oxygens (including phenoxy) is 1. The molecule has 1 saturated heterocycles. The van der Waals surface area contributed by atoms with Gasteiger partial charge in [-0.1, -0.05) is 12.1 Å². The molecule has 1 aliphatic rings. The first kappa shape index (κ1) is 12.9. The van der Waals surface area contributed by atoms with Crippen molar-refractivity contribution >= 4 is 11.5 Å². The minimum Gasteiger partial charge on any atom is -0.489 e. The summed E-state index contributed by atoms with van der Waals surface area (Å²) in [5, 5.41) is 3.12. The summed E-state index contributed by atoms with van der Waals surface area (Å²) < 4.78 is 5.80. The Morgan fingerprint density at radius 3 is 2.89 bits per heavy atom. The first-order valence-corrected chi connectivity index (χ1v) is 6.40. The number of carbonyl (C=O) groups excluding carboxylic acids is 1. The molecule has 0 aromatic heterocycles. The van der Waals surface area contributed by atoms with Crippen LogP contribution < -0.4 is 15.0 Å². The number of nitrogens with one attached hydrogen (secondary N) is 1. The summed E-state index contributed by atoms with van der Waals surface area (Å²) in [6.07, 6.45) is 0.131. The molecule has 1 heterocycles. The highest BCUT2D eigenvalue weighted by molar-refractivity contribution is 5.86. The molecule has 1 aromatic rings. The summed E-state index contributed by atoms with van der Waals surface area (Å²) >= 11 is 0. The molecule has 98 valence electrons. The number of ketones is 1. The molecule has 4 heteroatoms. The molecule has 0 aliphatic carbocycles. The van der Waals surface area contributed by atoms with Crippen LogP contribution in [0.1, 0.15) is 13.8 Å². The van der Waals surface area contributed by atoms with Gasteiger partial charge in [0.15, 0.2) is 5.78 Å². The lowest BCUT2D eigenvalue weighted by Crippen LogP contribution is -2.30. The Morgan fingerprint density at radius 1 is 1.33 bits per heavy atom. The fraction of sp³-hybridized carbons (Fsp3) is 0.500. The summed E-state index contributed by atoms with van der Waals surface area (Å²) in [7, 11) is 0. The predicted molar refractivity (Wildman–Crippen MR) is 72.3 cm³/mol. The van der Waals surface area contributed by atoms with Crippen LogP contribution in [0.15, 0.2) is 24.3 Å². The maximum absolute atomic E-state index is 11.7. The quantitative estimate of drug-likeness (QED) is 0.879. The van der Waals surface area contributed by atoms with Crippen LogP contribution >= 0.6 is 0 Å². The average Bonchev–Trinajstić information content (AvgIpc) is 2.54. The van der Waals surface area contributed by atoms with Gasteiger partial charge in [-0.25, -0.2) is 0 Å². The first-order chi connectivity index (χ1) is 8.66. The van der Waals surface area contributed by atoms with Gasteiger partial charge >= 0.3 is 0 Å². The van der Waals surface area contributed by atoms with E-state index >= 15 is 0 Å². The summed E-state index contributed by atoms with van der Waals surface area (Å²) in [4.78, 5) is 13.7. The molecule has 18 heavy (non-hydrogen) atoms. The van der Waals surface area contributed by atoms with E-state index in [9.17, 15) is 4.79 Å². The van der Waals surface area contributed by atoms with Gasteiger partial charge in [0.1, 0.15) is 5.75 Å². The van der Waals surface area contributed by atoms with Gasteiger partial charge in [-0.15, -0.1) is 0 Å². The maximum Gasteiger partial charge on any atom is 0.165 e. The maximum atomic E-state index is 11.7. The fourth-order valence-corrected chi connectivity index (χ4v) is 2.07. The third-order valence-electron chi connectivity index (χ3n) is 2.82. The number of rotatable bonds is 3. The second kappa shape index (κ2) is 5.87. The number of para-hydroxylation sites is 2. The molecular formula is C14H20N2O2. The highest BCUT2D eigenvalue weighted by atomic mass is 16.5. The smallest absolute Gasteiger partial charge is 0.165 e. The molecular weight excluding hydrogens is 228 g/mol. The van der Waals surface area contributed by atoms with Crippen molar-refractivity contribution in [2.75, 3.05) is 31.1 Å². The normalized spacial score (nSPS) is 16.8. The topological polar surface area (TPSA) is 41.6 Å². The first-order valence-electron chi connectivity index (χ1n) is 6.40. The second-order valence-electron chi connectivity index (χ2n) is 4.77. The Hall–Kier alpha value is -1.55. The van der Waals surface area contributed by atoms with Crippen LogP contribution in [0.5, 0.6) is 5.75 Å². The van der Waals surface area contributed by atoms with Crippen molar-refractivity contribution in [2.24, 2.45) is 0 Å². The molecule has 1 fully saturated rings. The van der Waals surface area contributed by atoms with Crippen LogP contribution in [0, 0.1) is 0 Å². The molecule has 1 N–H and O–H groups in total. The molecule has 0 spiro atoms. The van der Waals surface area contributed by atoms with E-state index in [0.717, 1.165) is 24.5 Å². The van der Waals surface area contributed by atoms with E-state index in [1.807, 2.05) is 38.1 Å². The van der Waals surface area contributed by atoms with E-state index in [-0.39, 0.29) is 11.9 Å². The van der Waals surface area contributed by atoms with E-state index in [1.165, 1.54) is 0 Å². The van der Waals surface area contributed by atoms with Gasteiger partial charge in [0.2, 0.25) is 0 Å². The van der Waals surface area contributed by atoms with E-state index < -0.39 is 0 Å². The van der Waals surface area contributed by atoms with Gasteiger partial charge in [-0.05, 0) is 26.0 Å². The zero-order valence-electron chi connectivity index (χ0n) is 11.0. The van der Waals surface area contributed by atoms with Gasteiger partial charge in [0.25, 0.3) is 0 Å². The van der Waals surface area contributed by atoms with Crippen LogP contribution in [-0.2, 0) is 4.79 Å². The third kappa shape index (κ3) is 3.23. The molecule has 0 bridgehead atoms. The molecule has 4 nitrogen and oxygen atoms in total. The largest absolute Gasteiger partial charge is 0.489 e. The predicted octanol–water partition coefficient (Wildman–Crippen LogP) is 1.45. The summed E-state index contributed by atoms with van der Waals surface area (Å²) in [6.45, 7) is 6.57. The summed E-state index contributed by atoms with van der Waals surface area (Å²) in [5.41, 5.74) is 1.00. The summed E-state index contributed by atoms with van der Waals surface area (Å²) in [6, 6.07) is 7.90. The second-order valence-corrected chi connectivity index (χ2v) is 4.77. The lowest BCUT2D eigenvalue weighted by molar-refractivity contribution is -0.116. The monoisotopic (exact) mass is 248 g/mol. The Labute approximate surface area is 108 Å². The number of benzene rings is 1. The minimum atomic E-state index is 0.131. The van der Waals surface area contributed by atoms with Crippen molar-refractivity contribution in [2.45, 2.75) is 20.0 Å². The number of Topliss-reactive ketones (excluding diaryl/α,β-unsaturated/α-hetero) is 1. The lowest BCUT2D eigenvalue weighted by Gasteiger charge is -2.25. The van der Waals surface area contributed by atoms with Gasteiger partial charge in [0, 0.05) is 13.1 Å². The van der Waals surface area contributed by atoms with Crippen LogP contribution in [0.2, 0.25) is 0 Å². The third-order valence-corrected chi connectivity index (χ3v) is 2.82. The van der Waals surface area contributed by atoms with Crippen molar-refractivity contribution < 1.29 is 9.53 Å². The number of anilines is 1. The van der Waals surface area contributed by atoms with E-state index in [4.69, 9.17) is 4.74 Å². The molecule has 1 aromatic carbocycles. The number of carbonyl (C=O) groups is 1. The zero-order chi connectivity index (χ0) is 13.0. The Bertz CT molecular complexity index is 418. The molecule has 0 atom stereocenters. The summed E-state index contributed by atoms with van der Waals surface area (Å²) in [5.74, 6) is 1.06. The van der Waals surface area contributed by atoms with Gasteiger partial charge in [0.05, 0.1) is 24.9 Å². The van der Waals surface area contributed by atoms with Crippen LogP contribution in [0.4, 0.5) is 5.69 Å². The molecule has 0 unspecified atom stereocenters.